The SMILES string of the molecule is CC1=CC(C)CC(C(O)C2CCCC2)C1. The summed E-state index contributed by atoms with van der Waals surface area (Å²) in [4.78, 5) is 0. The molecule has 1 fully saturated rings. The Balaban J connectivity index is 1.95. The lowest BCUT2D eigenvalue weighted by molar-refractivity contribution is 0.0418. The van der Waals surface area contributed by atoms with Gasteiger partial charge < -0.3 is 5.11 Å². The third kappa shape index (κ3) is 2.63. The third-order valence-corrected chi connectivity index (χ3v) is 4.19. The summed E-state index contributed by atoms with van der Waals surface area (Å²) in [5, 5.41) is 10.4. The van der Waals surface area contributed by atoms with E-state index in [1.165, 1.54) is 37.7 Å². The van der Waals surface area contributed by atoms with Crippen LogP contribution in [0.2, 0.25) is 0 Å². The van der Waals surface area contributed by atoms with Crippen LogP contribution in [0, 0.1) is 17.8 Å². The number of rotatable bonds is 2. The van der Waals surface area contributed by atoms with Gasteiger partial charge in [0, 0.05) is 0 Å². The zero-order valence-corrected chi connectivity index (χ0v) is 10.1. The Labute approximate surface area is 93.6 Å². The molecule has 1 heteroatoms. The maximum absolute atomic E-state index is 10.4. The van der Waals surface area contributed by atoms with Gasteiger partial charge in [0.1, 0.15) is 0 Å². The number of allylic oxidation sites excluding steroid dienone is 2. The fraction of sp³-hybridized carbons (Fsp3) is 0.857. The molecule has 1 N–H and O–H groups in total. The summed E-state index contributed by atoms with van der Waals surface area (Å²) in [6.07, 6.45) is 9.84. The van der Waals surface area contributed by atoms with Crippen LogP contribution < -0.4 is 0 Å². The lowest BCUT2D eigenvalue weighted by atomic mass is 9.77. The van der Waals surface area contributed by atoms with Gasteiger partial charge >= 0.3 is 0 Å². The van der Waals surface area contributed by atoms with Crippen LogP contribution in [0.4, 0.5) is 0 Å². The van der Waals surface area contributed by atoms with Crippen molar-refractivity contribution in [2.24, 2.45) is 17.8 Å². The highest BCUT2D eigenvalue weighted by molar-refractivity contribution is 5.07. The predicted molar refractivity (Wildman–Crippen MR) is 63.6 cm³/mol. The third-order valence-electron chi connectivity index (χ3n) is 4.19. The lowest BCUT2D eigenvalue weighted by Gasteiger charge is -2.32. The molecule has 1 nitrogen and oxygen atoms in total. The lowest BCUT2D eigenvalue weighted by Crippen LogP contribution is -2.30. The molecule has 0 spiro atoms. The van der Waals surface area contributed by atoms with Crippen LogP contribution in [0.15, 0.2) is 11.6 Å². The smallest absolute Gasteiger partial charge is 0.0599 e. The zero-order valence-electron chi connectivity index (χ0n) is 10.1. The van der Waals surface area contributed by atoms with Crippen LogP contribution in [0.3, 0.4) is 0 Å². The van der Waals surface area contributed by atoms with Crippen LogP contribution in [0.5, 0.6) is 0 Å². The predicted octanol–water partition coefficient (Wildman–Crippen LogP) is 3.53. The van der Waals surface area contributed by atoms with E-state index < -0.39 is 0 Å². The van der Waals surface area contributed by atoms with Crippen molar-refractivity contribution in [1.82, 2.24) is 0 Å². The Bertz CT molecular complexity index is 238. The van der Waals surface area contributed by atoms with Gasteiger partial charge in [-0.15, -0.1) is 0 Å². The van der Waals surface area contributed by atoms with Crippen molar-refractivity contribution in [3.8, 4) is 0 Å². The van der Waals surface area contributed by atoms with Crippen molar-refractivity contribution >= 4 is 0 Å². The minimum atomic E-state index is -0.0291. The second-order valence-electron chi connectivity index (χ2n) is 5.73. The number of aliphatic hydroxyl groups is 1. The average molecular weight is 208 g/mol. The summed E-state index contributed by atoms with van der Waals surface area (Å²) in [6.45, 7) is 4.49. The van der Waals surface area contributed by atoms with Gasteiger partial charge in [0.15, 0.2) is 0 Å². The van der Waals surface area contributed by atoms with Crippen LogP contribution in [-0.4, -0.2) is 11.2 Å². The standard InChI is InChI=1S/C14H24O/c1-10-7-11(2)9-13(8-10)14(15)12-5-3-4-6-12/h7,10,12-15H,3-6,8-9H2,1-2H3. The normalized spacial score (nSPS) is 35.3. The zero-order chi connectivity index (χ0) is 10.8. The van der Waals surface area contributed by atoms with Crippen molar-refractivity contribution < 1.29 is 5.11 Å². The Hall–Kier alpha value is -0.300. The maximum atomic E-state index is 10.4. The molecule has 1 saturated carbocycles. The Morgan fingerprint density at radius 3 is 2.53 bits per heavy atom. The number of hydrogen-bond donors (Lipinski definition) is 1. The van der Waals surface area contributed by atoms with E-state index in [-0.39, 0.29) is 6.10 Å². The minimum Gasteiger partial charge on any atom is -0.393 e. The van der Waals surface area contributed by atoms with Crippen LogP contribution >= 0.6 is 0 Å². The molecule has 0 aromatic heterocycles. The van der Waals surface area contributed by atoms with E-state index in [1.54, 1.807) is 0 Å². The summed E-state index contributed by atoms with van der Waals surface area (Å²) in [5.41, 5.74) is 1.48. The first-order valence-corrected chi connectivity index (χ1v) is 6.52. The van der Waals surface area contributed by atoms with Crippen molar-refractivity contribution in [1.29, 1.82) is 0 Å². The maximum Gasteiger partial charge on any atom is 0.0599 e. The summed E-state index contributed by atoms with van der Waals surface area (Å²) in [5.74, 6) is 1.81. The first kappa shape index (κ1) is 11.2. The Morgan fingerprint density at radius 2 is 1.93 bits per heavy atom. The molecule has 0 aromatic carbocycles. The van der Waals surface area contributed by atoms with E-state index in [4.69, 9.17) is 0 Å². The Morgan fingerprint density at radius 1 is 1.27 bits per heavy atom. The van der Waals surface area contributed by atoms with Gasteiger partial charge in [-0.1, -0.05) is 31.4 Å². The van der Waals surface area contributed by atoms with Crippen LogP contribution in [-0.2, 0) is 0 Å². The molecule has 0 aromatic rings. The monoisotopic (exact) mass is 208 g/mol. The van der Waals surface area contributed by atoms with E-state index in [9.17, 15) is 5.11 Å². The van der Waals surface area contributed by atoms with Crippen molar-refractivity contribution in [3.05, 3.63) is 11.6 Å². The van der Waals surface area contributed by atoms with Gasteiger partial charge in [0.05, 0.1) is 6.10 Å². The van der Waals surface area contributed by atoms with E-state index in [2.05, 4.69) is 19.9 Å². The van der Waals surface area contributed by atoms with Crippen molar-refractivity contribution in [2.45, 2.75) is 58.5 Å². The molecule has 3 unspecified atom stereocenters. The first-order chi connectivity index (χ1) is 7.16. The van der Waals surface area contributed by atoms with Gasteiger partial charge in [0.2, 0.25) is 0 Å². The molecular formula is C14H24O. The van der Waals surface area contributed by atoms with Crippen LogP contribution in [0.1, 0.15) is 52.4 Å². The number of hydrogen-bond acceptors (Lipinski definition) is 1. The summed E-state index contributed by atoms with van der Waals surface area (Å²) < 4.78 is 0. The quantitative estimate of drug-likeness (QED) is 0.688. The highest BCUT2D eigenvalue weighted by Crippen LogP contribution is 2.37. The molecule has 0 heterocycles. The van der Waals surface area contributed by atoms with E-state index in [1.807, 2.05) is 0 Å². The minimum absolute atomic E-state index is 0.0291. The molecule has 0 bridgehead atoms. The van der Waals surface area contributed by atoms with Gasteiger partial charge in [-0.2, -0.15) is 0 Å². The summed E-state index contributed by atoms with van der Waals surface area (Å²) >= 11 is 0. The van der Waals surface area contributed by atoms with Crippen molar-refractivity contribution in [3.63, 3.8) is 0 Å². The molecule has 2 aliphatic rings. The molecule has 2 aliphatic carbocycles. The van der Waals surface area contributed by atoms with Crippen LogP contribution in [0.25, 0.3) is 0 Å². The molecular weight excluding hydrogens is 184 g/mol. The van der Waals surface area contributed by atoms with Gasteiger partial charge in [-0.25, -0.2) is 0 Å². The van der Waals surface area contributed by atoms with E-state index >= 15 is 0 Å². The fourth-order valence-electron chi connectivity index (χ4n) is 3.54. The summed E-state index contributed by atoms with van der Waals surface area (Å²) in [6, 6.07) is 0. The molecule has 15 heavy (non-hydrogen) atoms. The molecule has 3 atom stereocenters. The largest absolute Gasteiger partial charge is 0.393 e. The summed E-state index contributed by atoms with van der Waals surface area (Å²) in [7, 11) is 0. The first-order valence-electron chi connectivity index (χ1n) is 6.52. The second-order valence-corrected chi connectivity index (χ2v) is 5.73. The molecule has 0 amide bonds. The molecule has 2 rings (SSSR count). The van der Waals surface area contributed by atoms with Gasteiger partial charge in [-0.05, 0) is 50.4 Å². The van der Waals surface area contributed by atoms with Crippen molar-refractivity contribution in [2.75, 3.05) is 0 Å². The molecule has 0 radical (unpaired) electrons. The Kier molecular flexibility index (Phi) is 3.50. The molecule has 86 valence electrons. The van der Waals surface area contributed by atoms with Gasteiger partial charge in [0.25, 0.3) is 0 Å². The van der Waals surface area contributed by atoms with Gasteiger partial charge in [-0.3, -0.25) is 0 Å². The highest BCUT2D eigenvalue weighted by atomic mass is 16.3. The fourth-order valence-corrected chi connectivity index (χ4v) is 3.54. The highest BCUT2D eigenvalue weighted by Gasteiger charge is 2.31. The second kappa shape index (κ2) is 4.69. The topological polar surface area (TPSA) is 20.2 Å². The van der Waals surface area contributed by atoms with E-state index in [0.29, 0.717) is 17.8 Å². The molecule has 0 saturated heterocycles. The molecule has 0 aliphatic heterocycles. The number of aliphatic hydroxyl groups excluding tert-OH is 1. The average Bonchev–Trinajstić information content (AvgIpc) is 2.67. The van der Waals surface area contributed by atoms with E-state index in [0.717, 1.165) is 6.42 Å².